The van der Waals surface area contributed by atoms with E-state index >= 15 is 0 Å². The van der Waals surface area contributed by atoms with Crippen LogP contribution in [0, 0.1) is 0 Å². The van der Waals surface area contributed by atoms with E-state index in [4.69, 9.17) is 4.74 Å². The van der Waals surface area contributed by atoms with Gasteiger partial charge in [-0.05, 0) is 48.8 Å². The highest BCUT2D eigenvalue weighted by Crippen LogP contribution is 2.10. The molecule has 0 N–H and O–H groups in total. The maximum atomic E-state index is 11.8. The lowest BCUT2D eigenvalue weighted by molar-refractivity contribution is -0.148. The third-order valence-corrected chi connectivity index (χ3v) is 2.42. The predicted molar refractivity (Wildman–Crippen MR) is 74.3 cm³/mol. The molecule has 0 radical (unpaired) electrons. The number of ether oxygens (including phenoxy) is 1. The van der Waals surface area contributed by atoms with Crippen LogP contribution in [0.25, 0.3) is 6.08 Å². The lowest BCUT2D eigenvalue weighted by Crippen LogP contribution is -2.22. The van der Waals surface area contributed by atoms with Gasteiger partial charge in [-0.2, -0.15) is 0 Å². The largest absolute Gasteiger partial charge is 0.457 e. The molecule has 0 fully saturated rings. The van der Waals surface area contributed by atoms with Crippen molar-refractivity contribution >= 4 is 28.0 Å². The SMILES string of the molecule is Cn1cc(Br)cc(/C=C/C(=O)OC(C)(C)C)c1=O. The molecule has 4 nitrogen and oxygen atoms in total. The Hall–Kier alpha value is -1.36. The van der Waals surface area contributed by atoms with Gasteiger partial charge < -0.3 is 9.30 Å². The van der Waals surface area contributed by atoms with Gasteiger partial charge in [-0.15, -0.1) is 0 Å². The summed E-state index contributed by atoms with van der Waals surface area (Å²) < 4.78 is 7.33. The Morgan fingerprint density at radius 2 is 2.06 bits per heavy atom. The van der Waals surface area contributed by atoms with E-state index in [0.717, 1.165) is 4.47 Å². The van der Waals surface area contributed by atoms with Crippen molar-refractivity contribution in [3.63, 3.8) is 0 Å². The standard InChI is InChI=1S/C13H16BrNO3/c1-13(2,3)18-11(16)6-5-9-7-10(14)8-15(4)12(9)17/h5-8H,1-4H3/b6-5+. The second-order valence-corrected chi connectivity index (χ2v) is 5.81. The Labute approximate surface area is 114 Å². The Kier molecular flexibility index (Phi) is 4.51. The molecule has 0 aliphatic rings. The molecule has 1 heterocycles. The van der Waals surface area contributed by atoms with Crippen molar-refractivity contribution in [2.45, 2.75) is 26.4 Å². The van der Waals surface area contributed by atoms with Crippen LogP contribution in [0.4, 0.5) is 0 Å². The lowest BCUT2D eigenvalue weighted by Gasteiger charge is -2.17. The average molecular weight is 314 g/mol. The van der Waals surface area contributed by atoms with Crippen LogP contribution < -0.4 is 5.56 Å². The highest BCUT2D eigenvalue weighted by atomic mass is 79.9. The van der Waals surface area contributed by atoms with Crippen LogP contribution in [0.15, 0.2) is 27.6 Å². The number of esters is 1. The normalized spacial score (nSPS) is 11.8. The number of aryl methyl sites for hydroxylation is 1. The predicted octanol–water partition coefficient (Wildman–Crippen LogP) is 2.50. The van der Waals surface area contributed by atoms with Crippen molar-refractivity contribution in [1.29, 1.82) is 0 Å². The van der Waals surface area contributed by atoms with E-state index < -0.39 is 11.6 Å². The summed E-state index contributed by atoms with van der Waals surface area (Å²) in [6.45, 7) is 5.37. The van der Waals surface area contributed by atoms with Gasteiger partial charge >= 0.3 is 5.97 Å². The first-order valence-corrected chi connectivity index (χ1v) is 6.25. The molecule has 0 unspecified atom stereocenters. The summed E-state index contributed by atoms with van der Waals surface area (Å²) in [5.41, 5.74) is -0.278. The first-order valence-electron chi connectivity index (χ1n) is 5.46. The molecule has 0 aliphatic heterocycles. The zero-order valence-corrected chi connectivity index (χ0v) is 12.4. The molecule has 0 atom stereocenters. The molecule has 0 bridgehead atoms. The molecular formula is C13H16BrNO3. The molecular weight excluding hydrogens is 298 g/mol. The zero-order chi connectivity index (χ0) is 13.9. The van der Waals surface area contributed by atoms with Crippen LogP contribution in [-0.4, -0.2) is 16.1 Å². The van der Waals surface area contributed by atoms with Crippen molar-refractivity contribution in [2.24, 2.45) is 7.05 Å². The van der Waals surface area contributed by atoms with Crippen LogP contribution >= 0.6 is 15.9 Å². The number of hydrogen-bond donors (Lipinski definition) is 0. The van der Waals surface area contributed by atoms with E-state index in [1.165, 1.54) is 16.7 Å². The highest BCUT2D eigenvalue weighted by molar-refractivity contribution is 9.10. The fourth-order valence-corrected chi connectivity index (χ4v) is 1.86. The van der Waals surface area contributed by atoms with Crippen molar-refractivity contribution in [2.75, 3.05) is 0 Å². The van der Waals surface area contributed by atoms with Crippen LogP contribution in [0.2, 0.25) is 0 Å². The fourth-order valence-electron chi connectivity index (χ4n) is 1.31. The molecule has 5 heteroatoms. The Morgan fingerprint density at radius 1 is 1.44 bits per heavy atom. The summed E-state index contributed by atoms with van der Waals surface area (Å²) in [4.78, 5) is 23.2. The summed E-state index contributed by atoms with van der Waals surface area (Å²) in [6, 6.07) is 1.66. The fraction of sp³-hybridized carbons (Fsp3) is 0.385. The maximum Gasteiger partial charge on any atom is 0.331 e. The van der Waals surface area contributed by atoms with Gasteiger partial charge in [0, 0.05) is 29.4 Å². The summed E-state index contributed by atoms with van der Waals surface area (Å²) in [5, 5.41) is 0. The van der Waals surface area contributed by atoms with Crippen molar-refractivity contribution < 1.29 is 9.53 Å². The number of rotatable bonds is 2. The van der Waals surface area contributed by atoms with Gasteiger partial charge in [0.25, 0.3) is 5.56 Å². The minimum absolute atomic E-state index is 0.169. The van der Waals surface area contributed by atoms with Crippen molar-refractivity contribution in [3.8, 4) is 0 Å². The minimum Gasteiger partial charge on any atom is -0.457 e. The third-order valence-electron chi connectivity index (χ3n) is 1.98. The second kappa shape index (κ2) is 5.52. The molecule has 0 aromatic carbocycles. The third kappa shape index (κ3) is 4.49. The molecule has 1 aromatic heterocycles. The van der Waals surface area contributed by atoms with Crippen LogP contribution in [0.1, 0.15) is 26.3 Å². The van der Waals surface area contributed by atoms with Crippen LogP contribution in [-0.2, 0) is 16.6 Å². The topological polar surface area (TPSA) is 48.3 Å². The number of carbonyl (C=O) groups is 1. The Bertz CT molecular complexity index is 538. The average Bonchev–Trinajstić information content (AvgIpc) is 2.18. The van der Waals surface area contributed by atoms with Gasteiger partial charge in [0.1, 0.15) is 5.60 Å². The molecule has 0 aliphatic carbocycles. The van der Waals surface area contributed by atoms with E-state index in [1.807, 2.05) is 0 Å². The summed E-state index contributed by atoms with van der Waals surface area (Å²) in [5.74, 6) is -0.468. The zero-order valence-electron chi connectivity index (χ0n) is 10.9. The number of aromatic nitrogens is 1. The number of carbonyl (C=O) groups excluding carboxylic acids is 1. The van der Waals surface area contributed by atoms with Crippen molar-refractivity contribution in [3.05, 3.63) is 38.7 Å². The van der Waals surface area contributed by atoms with Gasteiger partial charge in [-0.25, -0.2) is 4.79 Å². The smallest absolute Gasteiger partial charge is 0.331 e. The minimum atomic E-state index is -0.538. The highest BCUT2D eigenvalue weighted by Gasteiger charge is 2.14. The van der Waals surface area contributed by atoms with Gasteiger partial charge in [0.15, 0.2) is 0 Å². The quantitative estimate of drug-likeness (QED) is 0.622. The Balaban J connectivity index is 2.92. The molecule has 0 amide bonds. The lowest BCUT2D eigenvalue weighted by atomic mass is 10.2. The maximum absolute atomic E-state index is 11.8. The van der Waals surface area contributed by atoms with E-state index in [0.29, 0.717) is 5.56 Å². The molecule has 0 saturated heterocycles. The molecule has 0 spiro atoms. The summed E-state index contributed by atoms with van der Waals surface area (Å²) in [7, 11) is 1.65. The van der Waals surface area contributed by atoms with Crippen LogP contribution in [0.5, 0.6) is 0 Å². The number of hydrogen-bond acceptors (Lipinski definition) is 3. The van der Waals surface area contributed by atoms with E-state index in [9.17, 15) is 9.59 Å². The Morgan fingerprint density at radius 3 is 2.61 bits per heavy atom. The number of nitrogens with zero attached hydrogens (tertiary/aromatic N) is 1. The second-order valence-electron chi connectivity index (χ2n) is 4.90. The number of pyridine rings is 1. The summed E-state index contributed by atoms with van der Waals surface area (Å²) in [6.07, 6.45) is 4.38. The molecule has 1 aromatic rings. The van der Waals surface area contributed by atoms with Gasteiger partial charge in [0.05, 0.1) is 0 Å². The number of halogens is 1. The summed E-state index contributed by atoms with van der Waals surface area (Å²) >= 11 is 3.29. The van der Waals surface area contributed by atoms with E-state index in [1.54, 1.807) is 40.1 Å². The monoisotopic (exact) mass is 313 g/mol. The first-order chi connectivity index (χ1) is 8.19. The van der Waals surface area contributed by atoms with E-state index in [-0.39, 0.29) is 5.56 Å². The molecule has 0 saturated carbocycles. The van der Waals surface area contributed by atoms with Gasteiger partial charge in [-0.1, -0.05) is 0 Å². The van der Waals surface area contributed by atoms with Gasteiger partial charge in [-0.3, -0.25) is 4.79 Å². The van der Waals surface area contributed by atoms with Crippen molar-refractivity contribution in [1.82, 2.24) is 4.57 Å². The van der Waals surface area contributed by atoms with E-state index in [2.05, 4.69) is 15.9 Å². The molecule has 18 heavy (non-hydrogen) atoms. The molecule has 98 valence electrons. The van der Waals surface area contributed by atoms with Gasteiger partial charge in [0.2, 0.25) is 0 Å². The van der Waals surface area contributed by atoms with Crippen LogP contribution in [0.3, 0.4) is 0 Å². The molecule has 1 rings (SSSR count). The first kappa shape index (κ1) is 14.7.